The van der Waals surface area contributed by atoms with Crippen LogP contribution in [0.4, 0.5) is 0 Å². The van der Waals surface area contributed by atoms with E-state index in [0.717, 1.165) is 5.56 Å². The van der Waals surface area contributed by atoms with Crippen LogP contribution in [0.25, 0.3) is 0 Å². The number of imidazole rings is 1. The Kier molecular flexibility index (Phi) is 4.46. The number of hydrogen-bond acceptors (Lipinski definition) is 4. The second-order valence-corrected chi connectivity index (χ2v) is 7.03. The molecule has 0 aliphatic carbocycles. The Labute approximate surface area is 125 Å². The van der Waals surface area contributed by atoms with Crippen LogP contribution in [0.3, 0.4) is 0 Å². The first-order chi connectivity index (χ1) is 9.86. The third-order valence-electron chi connectivity index (χ3n) is 3.46. The molecular weight excluding hydrogens is 288 g/mol. The highest BCUT2D eigenvalue weighted by Gasteiger charge is 2.24. The van der Waals surface area contributed by atoms with Crippen LogP contribution in [0.15, 0.2) is 35.5 Å². The molecule has 0 aliphatic rings. The lowest BCUT2D eigenvalue weighted by Gasteiger charge is -2.19. The van der Waals surface area contributed by atoms with E-state index in [9.17, 15) is 8.42 Å². The van der Waals surface area contributed by atoms with E-state index in [2.05, 4.69) is 4.98 Å². The fraction of sp³-hybridized carbons (Fsp3) is 0.357. The highest BCUT2D eigenvalue weighted by Crippen LogP contribution is 2.21. The maximum absolute atomic E-state index is 12.7. The van der Waals surface area contributed by atoms with Gasteiger partial charge in [0.15, 0.2) is 0 Å². The van der Waals surface area contributed by atoms with Gasteiger partial charge in [-0.1, -0.05) is 12.1 Å². The quantitative estimate of drug-likeness (QED) is 0.894. The number of benzene rings is 1. The SMILES string of the molecule is Cc1ccc(CN)cc1S(=O)(=O)N(C)Cc1nccn1C. The number of sulfonamides is 1. The Morgan fingerprint density at radius 2 is 2.10 bits per heavy atom. The molecule has 0 fully saturated rings. The lowest BCUT2D eigenvalue weighted by molar-refractivity contribution is 0.451. The van der Waals surface area contributed by atoms with Gasteiger partial charge in [-0.05, 0) is 24.1 Å². The molecule has 6 nitrogen and oxygen atoms in total. The summed E-state index contributed by atoms with van der Waals surface area (Å²) in [6, 6.07) is 5.26. The molecule has 0 radical (unpaired) electrons. The van der Waals surface area contributed by atoms with Crippen LogP contribution >= 0.6 is 0 Å². The van der Waals surface area contributed by atoms with Crippen molar-refractivity contribution >= 4 is 10.0 Å². The summed E-state index contributed by atoms with van der Waals surface area (Å²) < 4.78 is 28.5. The summed E-state index contributed by atoms with van der Waals surface area (Å²) in [5.41, 5.74) is 7.10. The Hall–Kier alpha value is -1.70. The van der Waals surface area contributed by atoms with Gasteiger partial charge in [0.05, 0.1) is 11.4 Å². The molecule has 0 aliphatic heterocycles. The average molecular weight is 308 g/mol. The van der Waals surface area contributed by atoms with Gasteiger partial charge in [-0.15, -0.1) is 0 Å². The molecule has 0 atom stereocenters. The van der Waals surface area contributed by atoms with Crippen LogP contribution in [0, 0.1) is 6.92 Å². The van der Waals surface area contributed by atoms with Crippen LogP contribution < -0.4 is 5.73 Å². The van der Waals surface area contributed by atoms with Crippen molar-refractivity contribution in [1.29, 1.82) is 0 Å². The molecule has 0 saturated carbocycles. The summed E-state index contributed by atoms with van der Waals surface area (Å²) in [5.74, 6) is 0.689. The summed E-state index contributed by atoms with van der Waals surface area (Å²) in [4.78, 5) is 4.45. The lowest BCUT2D eigenvalue weighted by atomic mass is 10.1. The molecule has 0 spiro atoms. The van der Waals surface area contributed by atoms with Crippen molar-refractivity contribution in [3.05, 3.63) is 47.5 Å². The van der Waals surface area contributed by atoms with Gasteiger partial charge in [-0.3, -0.25) is 0 Å². The average Bonchev–Trinajstić information content (AvgIpc) is 2.84. The van der Waals surface area contributed by atoms with Crippen molar-refractivity contribution in [3.63, 3.8) is 0 Å². The first-order valence-corrected chi connectivity index (χ1v) is 8.02. The van der Waals surface area contributed by atoms with E-state index in [4.69, 9.17) is 5.73 Å². The maximum atomic E-state index is 12.7. The van der Waals surface area contributed by atoms with E-state index < -0.39 is 10.0 Å². The number of nitrogens with two attached hydrogens (primary N) is 1. The number of aryl methyl sites for hydroxylation is 2. The van der Waals surface area contributed by atoms with E-state index in [-0.39, 0.29) is 6.54 Å². The molecule has 0 amide bonds. The molecule has 0 saturated heterocycles. The summed E-state index contributed by atoms with van der Waals surface area (Å²) in [6.07, 6.45) is 3.44. The zero-order valence-corrected chi connectivity index (χ0v) is 13.3. The minimum atomic E-state index is -3.57. The fourth-order valence-electron chi connectivity index (χ4n) is 2.05. The van der Waals surface area contributed by atoms with Gasteiger partial charge in [0.1, 0.15) is 5.82 Å². The molecular formula is C14H20N4O2S. The number of rotatable bonds is 5. The standard InChI is InChI=1S/C14H20N4O2S/c1-11-4-5-12(9-15)8-13(11)21(19,20)18(3)10-14-16-6-7-17(14)2/h4-8H,9-10,15H2,1-3H3. The Morgan fingerprint density at radius 3 is 2.67 bits per heavy atom. The van der Waals surface area contributed by atoms with E-state index in [1.165, 1.54) is 4.31 Å². The van der Waals surface area contributed by atoms with Crippen molar-refractivity contribution in [2.45, 2.75) is 24.9 Å². The third-order valence-corrected chi connectivity index (χ3v) is 5.41. The minimum absolute atomic E-state index is 0.220. The Balaban J connectivity index is 2.35. The molecule has 0 unspecified atom stereocenters. The third kappa shape index (κ3) is 3.15. The fourth-order valence-corrected chi connectivity index (χ4v) is 3.45. The van der Waals surface area contributed by atoms with Crippen molar-refractivity contribution in [1.82, 2.24) is 13.9 Å². The Morgan fingerprint density at radius 1 is 1.38 bits per heavy atom. The Bertz CT molecular complexity index is 737. The molecule has 1 heterocycles. The van der Waals surface area contributed by atoms with Crippen molar-refractivity contribution in [2.24, 2.45) is 12.8 Å². The highest BCUT2D eigenvalue weighted by molar-refractivity contribution is 7.89. The van der Waals surface area contributed by atoms with Crippen LogP contribution in [0.1, 0.15) is 17.0 Å². The van der Waals surface area contributed by atoms with E-state index >= 15 is 0 Å². The molecule has 2 aromatic rings. The topological polar surface area (TPSA) is 81.2 Å². The molecule has 0 bridgehead atoms. The molecule has 7 heteroatoms. The summed E-state index contributed by atoms with van der Waals surface area (Å²) >= 11 is 0. The predicted molar refractivity (Wildman–Crippen MR) is 80.9 cm³/mol. The van der Waals surface area contributed by atoms with Gasteiger partial charge >= 0.3 is 0 Å². The zero-order chi connectivity index (χ0) is 15.6. The molecule has 21 heavy (non-hydrogen) atoms. The smallest absolute Gasteiger partial charge is 0.243 e. The minimum Gasteiger partial charge on any atom is -0.337 e. The summed E-state index contributed by atoms with van der Waals surface area (Å²) in [6.45, 7) is 2.31. The molecule has 1 aromatic carbocycles. The normalized spacial score (nSPS) is 12.0. The van der Waals surface area contributed by atoms with E-state index in [1.807, 2.05) is 13.1 Å². The largest absolute Gasteiger partial charge is 0.337 e. The van der Waals surface area contributed by atoms with Crippen molar-refractivity contribution < 1.29 is 8.42 Å². The number of aromatic nitrogens is 2. The predicted octanol–water partition coefficient (Wildman–Crippen LogP) is 1.01. The van der Waals surface area contributed by atoms with Crippen molar-refractivity contribution in [3.8, 4) is 0 Å². The van der Waals surface area contributed by atoms with Crippen LogP contribution in [0.2, 0.25) is 0 Å². The van der Waals surface area contributed by atoms with Gasteiger partial charge in [-0.2, -0.15) is 4.31 Å². The van der Waals surface area contributed by atoms with Gasteiger partial charge in [0, 0.05) is 33.0 Å². The second-order valence-electron chi connectivity index (χ2n) is 5.02. The molecule has 2 N–H and O–H groups in total. The molecule has 1 aromatic heterocycles. The number of nitrogens with zero attached hydrogens (tertiary/aromatic N) is 3. The van der Waals surface area contributed by atoms with E-state index in [0.29, 0.717) is 22.8 Å². The van der Waals surface area contributed by atoms with Gasteiger partial charge < -0.3 is 10.3 Å². The first-order valence-electron chi connectivity index (χ1n) is 6.58. The highest BCUT2D eigenvalue weighted by atomic mass is 32.2. The zero-order valence-electron chi connectivity index (χ0n) is 12.4. The van der Waals surface area contributed by atoms with Crippen LogP contribution in [-0.4, -0.2) is 29.3 Å². The van der Waals surface area contributed by atoms with Gasteiger partial charge in [0.25, 0.3) is 0 Å². The molecule has 2 rings (SSSR count). The van der Waals surface area contributed by atoms with Gasteiger partial charge in [0.2, 0.25) is 10.0 Å². The lowest BCUT2D eigenvalue weighted by Crippen LogP contribution is -2.28. The number of hydrogen-bond donors (Lipinski definition) is 1. The first kappa shape index (κ1) is 15.7. The monoisotopic (exact) mass is 308 g/mol. The second kappa shape index (κ2) is 5.97. The van der Waals surface area contributed by atoms with Crippen molar-refractivity contribution in [2.75, 3.05) is 7.05 Å². The van der Waals surface area contributed by atoms with Crippen LogP contribution in [-0.2, 0) is 30.2 Å². The van der Waals surface area contributed by atoms with Gasteiger partial charge in [-0.25, -0.2) is 13.4 Å². The summed E-state index contributed by atoms with van der Waals surface area (Å²) in [7, 11) is -0.180. The van der Waals surface area contributed by atoms with E-state index in [1.54, 1.807) is 43.1 Å². The van der Waals surface area contributed by atoms with Crippen LogP contribution in [0.5, 0.6) is 0 Å². The maximum Gasteiger partial charge on any atom is 0.243 e. The molecule has 114 valence electrons. The summed E-state index contributed by atoms with van der Waals surface area (Å²) in [5, 5.41) is 0.